The summed E-state index contributed by atoms with van der Waals surface area (Å²) in [6, 6.07) is 40.0. The van der Waals surface area contributed by atoms with E-state index in [1.807, 2.05) is 84.9 Å². The zero-order chi connectivity index (χ0) is 32.2. The van der Waals surface area contributed by atoms with Crippen LogP contribution in [0.15, 0.2) is 131 Å². The highest BCUT2D eigenvalue weighted by Crippen LogP contribution is 2.52. The average Bonchev–Trinajstić information content (AvgIpc) is 3.51. The molecule has 1 aliphatic heterocycles. The molecule has 1 aliphatic rings. The van der Waals surface area contributed by atoms with Crippen molar-refractivity contribution >= 4 is 61.4 Å². The predicted octanol–water partition coefficient (Wildman–Crippen LogP) is 6.27. The number of rotatable bonds is 8. The third-order valence-electron chi connectivity index (χ3n) is 8.11. The number of aromatic nitrogens is 2. The number of carbonyl (C=O) groups excluding carboxylic acids is 1. The SMILES string of the molecule is CCOC(=O)c1c(N=P(c2ccccc2)(c2ccccc2)c2ccccc2)sc2nc(N3CCOCC3)n(-c3ccccc3)c(=O)c12. The van der Waals surface area contributed by atoms with E-state index in [4.69, 9.17) is 19.2 Å². The summed E-state index contributed by atoms with van der Waals surface area (Å²) in [4.78, 5) is 36.3. The van der Waals surface area contributed by atoms with Crippen molar-refractivity contribution in [2.75, 3.05) is 37.8 Å². The number of hydrogen-bond donors (Lipinski definition) is 0. The highest BCUT2D eigenvalue weighted by atomic mass is 32.1. The van der Waals surface area contributed by atoms with E-state index in [0.717, 1.165) is 15.9 Å². The van der Waals surface area contributed by atoms with Crippen molar-refractivity contribution in [3.63, 3.8) is 0 Å². The van der Waals surface area contributed by atoms with Gasteiger partial charge in [-0.15, -0.1) is 0 Å². The molecule has 7 rings (SSSR count). The summed E-state index contributed by atoms with van der Waals surface area (Å²) in [6.07, 6.45) is 0. The summed E-state index contributed by atoms with van der Waals surface area (Å²) in [5, 5.41) is 3.70. The largest absolute Gasteiger partial charge is 0.462 e. The van der Waals surface area contributed by atoms with Crippen molar-refractivity contribution in [3.05, 3.63) is 137 Å². The molecule has 0 N–H and O–H groups in total. The number of ether oxygens (including phenoxy) is 2. The molecular weight excluding hydrogens is 627 g/mol. The maximum atomic E-state index is 14.7. The summed E-state index contributed by atoms with van der Waals surface area (Å²) in [5.74, 6) is -0.0853. The van der Waals surface area contributed by atoms with E-state index < -0.39 is 13.0 Å². The van der Waals surface area contributed by atoms with E-state index >= 15 is 0 Å². The minimum absolute atomic E-state index is 0.148. The fraction of sp³-hybridized carbons (Fsp3) is 0.162. The predicted molar refractivity (Wildman–Crippen MR) is 191 cm³/mol. The highest BCUT2D eigenvalue weighted by Gasteiger charge is 2.32. The van der Waals surface area contributed by atoms with Gasteiger partial charge in [0.25, 0.3) is 5.56 Å². The van der Waals surface area contributed by atoms with Crippen LogP contribution >= 0.6 is 18.4 Å². The summed E-state index contributed by atoms with van der Waals surface area (Å²) in [6.45, 7) is 4.14. The molecule has 0 atom stereocenters. The Bertz CT molecular complexity index is 2030. The fourth-order valence-electron chi connectivity index (χ4n) is 5.96. The molecule has 0 bridgehead atoms. The third kappa shape index (κ3) is 5.71. The first-order valence-electron chi connectivity index (χ1n) is 15.6. The van der Waals surface area contributed by atoms with Crippen LogP contribution in [0.25, 0.3) is 15.9 Å². The van der Waals surface area contributed by atoms with Crippen LogP contribution in [0, 0.1) is 0 Å². The molecule has 0 radical (unpaired) electrons. The molecule has 0 unspecified atom stereocenters. The van der Waals surface area contributed by atoms with Gasteiger partial charge in [0.15, 0.2) is 0 Å². The number of morpholine rings is 1. The Labute approximate surface area is 276 Å². The lowest BCUT2D eigenvalue weighted by Gasteiger charge is -2.29. The molecule has 10 heteroatoms. The van der Waals surface area contributed by atoms with Gasteiger partial charge in [0.1, 0.15) is 15.4 Å². The van der Waals surface area contributed by atoms with Crippen LogP contribution in [0.4, 0.5) is 10.9 Å². The molecule has 8 nitrogen and oxygen atoms in total. The molecule has 6 aromatic rings. The minimum atomic E-state index is -2.78. The first-order chi connectivity index (χ1) is 23.1. The van der Waals surface area contributed by atoms with Crippen LogP contribution in [0.5, 0.6) is 0 Å². The van der Waals surface area contributed by atoms with Gasteiger partial charge >= 0.3 is 5.97 Å². The number of anilines is 1. The molecule has 1 fully saturated rings. The first kappa shape index (κ1) is 30.8. The first-order valence-corrected chi connectivity index (χ1v) is 18.1. The molecule has 0 amide bonds. The summed E-state index contributed by atoms with van der Waals surface area (Å²) in [7, 11) is -2.78. The Morgan fingerprint density at radius 2 is 1.34 bits per heavy atom. The van der Waals surface area contributed by atoms with Crippen LogP contribution in [-0.4, -0.2) is 48.4 Å². The lowest BCUT2D eigenvalue weighted by Crippen LogP contribution is -2.40. The molecule has 1 saturated heterocycles. The van der Waals surface area contributed by atoms with Gasteiger partial charge < -0.3 is 14.4 Å². The lowest BCUT2D eigenvalue weighted by molar-refractivity contribution is 0.0530. The zero-order valence-electron chi connectivity index (χ0n) is 25.9. The monoisotopic (exact) mass is 660 g/mol. The molecule has 0 aliphatic carbocycles. The van der Waals surface area contributed by atoms with Gasteiger partial charge in [-0.3, -0.25) is 4.79 Å². The number of carbonyl (C=O) groups is 1. The van der Waals surface area contributed by atoms with Gasteiger partial charge in [-0.1, -0.05) is 121 Å². The van der Waals surface area contributed by atoms with E-state index in [2.05, 4.69) is 41.3 Å². The molecule has 3 heterocycles. The molecule has 47 heavy (non-hydrogen) atoms. The van der Waals surface area contributed by atoms with E-state index in [9.17, 15) is 9.59 Å². The molecule has 4 aromatic carbocycles. The number of para-hydroxylation sites is 1. The van der Waals surface area contributed by atoms with E-state index in [0.29, 0.717) is 47.8 Å². The van der Waals surface area contributed by atoms with Crippen LogP contribution in [0.2, 0.25) is 0 Å². The second kappa shape index (κ2) is 13.5. The van der Waals surface area contributed by atoms with E-state index in [1.165, 1.54) is 11.3 Å². The van der Waals surface area contributed by atoms with Gasteiger partial charge in [0, 0.05) is 29.0 Å². The van der Waals surface area contributed by atoms with E-state index in [1.54, 1.807) is 11.5 Å². The van der Waals surface area contributed by atoms with Gasteiger partial charge in [0.05, 0.1) is 37.9 Å². The smallest absolute Gasteiger partial charge is 0.342 e. The summed E-state index contributed by atoms with van der Waals surface area (Å²) < 4.78 is 18.5. The number of thiophene rings is 1. The maximum Gasteiger partial charge on any atom is 0.342 e. The normalized spacial score (nSPS) is 13.4. The molecule has 0 spiro atoms. The van der Waals surface area contributed by atoms with Gasteiger partial charge in [0.2, 0.25) is 5.95 Å². The van der Waals surface area contributed by atoms with Crippen molar-refractivity contribution in [1.29, 1.82) is 0 Å². The Balaban J connectivity index is 1.62. The van der Waals surface area contributed by atoms with Crippen LogP contribution in [0.1, 0.15) is 17.3 Å². The van der Waals surface area contributed by atoms with Crippen LogP contribution in [0.3, 0.4) is 0 Å². The van der Waals surface area contributed by atoms with Crippen molar-refractivity contribution in [2.24, 2.45) is 4.74 Å². The Morgan fingerprint density at radius 3 is 1.85 bits per heavy atom. The minimum Gasteiger partial charge on any atom is -0.462 e. The number of hydrogen-bond acceptors (Lipinski definition) is 8. The van der Waals surface area contributed by atoms with Crippen molar-refractivity contribution in [3.8, 4) is 5.69 Å². The number of nitrogens with zero attached hydrogens (tertiary/aromatic N) is 4. The molecular formula is C37H33N4O4PS. The van der Waals surface area contributed by atoms with Crippen molar-refractivity contribution in [1.82, 2.24) is 9.55 Å². The topological polar surface area (TPSA) is 86.0 Å². The van der Waals surface area contributed by atoms with Crippen LogP contribution in [-0.2, 0) is 9.47 Å². The number of benzene rings is 4. The van der Waals surface area contributed by atoms with Gasteiger partial charge in [-0.25, -0.2) is 19.1 Å². The number of esters is 1. The van der Waals surface area contributed by atoms with Crippen molar-refractivity contribution in [2.45, 2.75) is 6.92 Å². The highest BCUT2D eigenvalue weighted by molar-refractivity contribution is 7.87. The maximum absolute atomic E-state index is 14.7. The quantitative estimate of drug-likeness (QED) is 0.141. The fourth-order valence-corrected chi connectivity index (χ4v) is 10.8. The summed E-state index contributed by atoms with van der Waals surface area (Å²) >= 11 is 1.26. The second-order valence-corrected chi connectivity index (χ2v) is 14.9. The van der Waals surface area contributed by atoms with Gasteiger partial charge in [-0.2, -0.15) is 0 Å². The Hall–Kier alpha value is -4.82. The second-order valence-electron chi connectivity index (χ2n) is 10.9. The average molecular weight is 661 g/mol. The van der Waals surface area contributed by atoms with Crippen LogP contribution < -0.4 is 26.4 Å². The molecule has 2 aromatic heterocycles. The van der Waals surface area contributed by atoms with E-state index in [-0.39, 0.29) is 23.1 Å². The number of fused-ring (bicyclic) bond motifs is 1. The zero-order valence-corrected chi connectivity index (χ0v) is 27.6. The molecule has 0 saturated carbocycles. The Kier molecular flexibility index (Phi) is 8.85. The standard InChI is InChI=1S/C37H33N4O4PS/c1-2-45-36(43)32-31-33(38-37(40-23-25-44-26-24-40)41(35(31)42)27-15-7-3-8-16-27)47-34(32)39-46(28-17-9-4-10-18-28,29-19-11-5-12-20-29)30-21-13-6-14-22-30/h3-22H,2,23-26H2,1H3. The van der Waals surface area contributed by atoms with Gasteiger partial charge in [-0.05, 0) is 19.1 Å². The molecule has 236 valence electrons. The Morgan fingerprint density at radius 1 is 0.830 bits per heavy atom. The summed E-state index contributed by atoms with van der Waals surface area (Å²) in [5.41, 5.74) is 0.467. The lowest BCUT2D eigenvalue weighted by atomic mass is 10.2. The third-order valence-corrected chi connectivity index (χ3v) is 12.9. The van der Waals surface area contributed by atoms with Crippen molar-refractivity contribution < 1.29 is 14.3 Å².